The number of rotatable bonds is 5. The monoisotopic (exact) mass is 192 g/mol. The molecular formula is C11H16N2O. The Kier molecular flexibility index (Phi) is 4.72. The molecular weight excluding hydrogens is 176 g/mol. The highest BCUT2D eigenvalue weighted by atomic mass is 16.5. The minimum atomic E-state index is 0.576. The fourth-order valence-corrected chi connectivity index (χ4v) is 1.05. The molecule has 76 valence electrons. The van der Waals surface area contributed by atoms with E-state index in [1.807, 2.05) is 44.3 Å². The van der Waals surface area contributed by atoms with E-state index in [-0.39, 0.29) is 0 Å². The normalized spacial score (nSPS) is 10.7. The van der Waals surface area contributed by atoms with Crippen molar-refractivity contribution in [3.63, 3.8) is 0 Å². The Balaban J connectivity index is 2.54. The zero-order valence-corrected chi connectivity index (χ0v) is 8.66. The van der Waals surface area contributed by atoms with Crippen LogP contribution in [-0.4, -0.2) is 18.6 Å². The number of ether oxygens (including phenoxy) is 1. The number of nitrogens with zero attached hydrogens (tertiary/aromatic N) is 1. The molecule has 14 heavy (non-hydrogen) atoms. The van der Waals surface area contributed by atoms with E-state index in [1.54, 1.807) is 0 Å². The van der Waals surface area contributed by atoms with Crippen LogP contribution in [0.1, 0.15) is 12.6 Å². The zero-order chi connectivity index (χ0) is 10.2. The van der Waals surface area contributed by atoms with Crippen LogP contribution in [-0.2, 0) is 6.54 Å². The van der Waals surface area contributed by atoms with Crippen molar-refractivity contribution in [2.24, 2.45) is 0 Å². The van der Waals surface area contributed by atoms with Crippen LogP contribution in [0.5, 0.6) is 5.88 Å². The highest BCUT2D eigenvalue weighted by Crippen LogP contribution is 2.07. The molecule has 1 heterocycles. The molecule has 1 N–H and O–H groups in total. The summed E-state index contributed by atoms with van der Waals surface area (Å²) in [5.41, 5.74) is 0.991. The number of hydrogen-bond acceptors (Lipinski definition) is 3. The van der Waals surface area contributed by atoms with Crippen LogP contribution in [0, 0.1) is 0 Å². The Morgan fingerprint density at radius 1 is 1.50 bits per heavy atom. The molecule has 0 saturated carbocycles. The lowest BCUT2D eigenvalue weighted by Crippen LogP contribution is -2.07. The lowest BCUT2D eigenvalue weighted by atomic mass is 10.3. The van der Waals surface area contributed by atoms with Crippen LogP contribution in [0.15, 0.2) is 30.4 Å². The van der Waals surface area contributed by atoms with Crippen molar-refractivity contribution >= 4 is 0 Å². The lowest BCUT2D eigenvalue weighted by Gasteiger charge is -2.04. The van der Waals surface area contributed by atoms with E-state index in [4.69, 9.17) is 4.74 Å². The molecule has 0 amide bonds. The average molecular weight is 192 g/mol. The molecule has 0 atom stereocenters. The van der Waals surface area contributed by atoms with Crippen LogP contribution in [0.4, 0.5) is 0 Å². The number of nitrogens with one attached hydrogen (secondary N) is 1. The molecule has 0 unspecified atom stereocenters. The van der Waals surface area contributed by atoms with Crippen molar-refractivity contribution in [3.8, 4) is 5.88 Å². The quantitative estimate of drug-likeness (QED) is 0.722. The van der Waals surface area contributed by atoms with Gasteiger partial charge in [0.1, 0.15) is 6.61 Å². The minimum absolute atomic E-state index is 0.576. The van der Waals surface area contributed by atoms with Crippen LogP contribution in [0.3, 0.4) is 0 Å². The van der Waals surface area contributed by atoms with Crippen molar-refractivity contribution in [2.75, 3.05) is 13.7 Å². The Morgan fingerprint density at radius 2 is 2.36 bits per heavy atom. The summed E-state index contributed by atoms with van der Waals surface area (Å²) in [6.07, 6.45) is 3.91. The van der Waals surface area contributed by atoms with Crippen molar-refractivity contribution in [2.45, 2.75) is 13.5 Å². The predicted molar refractivity (Wildman–Crippen MR) is 57.3 cm³/mol. The summed E-state index contributed by atoms with van der Waals surface area (Å²) in [6.45, 7) is 3.31. The average Bonchev–Trinajstić information content (AvgIpc) is 2.19. The smallest absolute Gasteiger partial charge is 0.213 e. The maximum atomic E-state index is 5.41. The van der Waals surface area contributed by atoms with Gasteiger partial charge in [0, 0.05) is 12.6 Å². The van der Waals surface area contributed by atoms with Gasteiger partial charge in [0.2, 0.25) is 5.88 Å². The largest absolute Gasteiger partial charge is 0.473 e. The maximum absolute atomic E-state index is 5.41. The Hall–Kier alpha value is -1.35. The topological polar surface area (TPSA) is 34.1 Å². The van der Waals surface area contributed by atoms with Gasteiger partial charge in [-0.15, -0.1) is 0 Å². The minimum Gasteiger partial charge on any atom is -0.473 e. The van der Waals surface area contributed by atoms with Gasteiger partial charge < -0.3 is 10.1 Å². The summed E-state index contributed by atoms with van der Waals surface area (Å²) in [7, 11) is 1.90. The number of aromatic nitrogens is 1. The first kappa shape index (κ1) is 10.7. The number of hydrogen-bond donors (Lipinski definition) is 1. The molecule has 3 nitrogen and oxygen atoms in total. The van der Waals surface area contributed by atoms with E-state index >= 15 is 0 Å². The van der Waals surface area contributed by atoms with E-state index in [1.165, 1.54) is 0 Å². The lowest BCUT2D eigenvalue weighted by molar-refractivity contribution is 0.347. The number of allylic oxidation sites excluding steroid dienone is 1. The van der Waals surface area contributed by atoms with Gasteiger partial charge in [-0.2, -0.15) is 0 Å². The molecule has 0 aromatic carbocycles. The van der Waals surface area contributed by atoms with Crippen molar-refractivity contribution in [1.29, 1.82) is 0 Å². The van der Waals surface area contributed by atoms with E-state index in [9.17, 15) is 0 Å². The second kappa shape index (κ2) is 6.16. The molecule has 0 bridgehead atoms. The molecule has 3 heteroatoms. The predicted octanol–water partition coefficient (Wildman–Crippen LogP) is 1.76. The first-order valence-corrected chi connectivity index (χ1v) is 4.71. The molecule has 1 aromatic rings. The van der Waals surface area contributed by atoms with Gasteiger partial charge in [-0.25, -0.2) is 4.98 Å². The Bertz CT molecular complexity index is 297. The summed E-state index contributed by atoms with van der Waals surface area (Å²) < 4.78 is 5.41. The van der Waals surface area contributed by atoms with Crippen molar-refractivity contribution in [3.05, 3.63) is 36.0 Å². The van der Waals surface area contributed by atoms with Crippen LogP contribution in [0.2, 0.25) is 0 Å². The highest BCUT2D eigenvalue weighted by Gasteiger charge is 1.96. The second-order valence-corrected chi connectivity index (χ2v) is 2.88. The maximum Gasteiger partial charge on any atom is 0.213 e. The molecule has 0 radical (unpaired) electrons. The van der Waals surface area contributed by atoms with E-state index in [0.717, 1.165) is 12.2 Å². The van der Waals surface area contributed by atoms with Crippen LogP contribution < -0.4 is 10.1 Å². The SMILES string of the molecule is CC=CCOc1cccc(CNC)n1. The van der Waals surface area contributed by atoms with Gasteiger partial charge in [0.15, 0.2) is 0 Å². The van der Waals surface area contributed by atoms with Gasteiger partial charge in [0.05, 0.1) is 5.69 Å². The molecule has 1 rings (SSSR count). The van der Waals surface area contributed by atoms with Gasteiger partial charge in [-0.3, -0.25) is 0 Å². The summed E-state index contributed by atoms with van der Waals surface area (Å²) >= 11 is 0. The van der Waals surface area contributed by atoms with Crippen LogP contribution >= 0.6 is 0 Å². The third-order valence-electron chi connectivity index (χ3n) is 1.70. The van der Waals surface area contributed by atoms with E-state index < -0.39 is 0 Å². The fourth-order valence-electron chi connectivity index (χ4n) is 1.05. The molecule has 0 aliphatic carbocycles. The molecule has 0 spiro atoms. The van der Waals surface area contributed by atoms with Crippen molar-refractivity contribution in [1.82, 2.24) is 10.3 Å². The second-order valence-electron chi connectivity index (χ2n) is 2.88. The molecule has 0 aliphatic rings. The third-order valence-corrected chi connectivity index (χ3v) is 1.70. The summed E-state index contributed by atoms with van der Waals surface area (Å²) in [4.78, 5) is 4.32. The highest BCUT2D eigenvalue weighted by molar-refractivity contribution is 5.15. The molecule has 0 saturated heterocycles. The molecule has 0 aliphatic heterocycles. The zero-order valence-electron chi connectivity index (χ0n) is 8.66. The Morgan fingerprint density at radius 3 is 3.07 bits per heavy atom. The van der Waals surface area contributed by atoms with Gasteiger partial charge in [-0.1, -0.05) is 18.2 Å². The van der Waals surface area contributed by atoms with E-state index in [0.29, 0.717) is 12.5 Å². The molecule has 1 aromatic heterocycles. The first-order valence-electron chi connectivity index (χ1n) is 4.71. The van der Waals surface area contributed by atoms with Gasteiger partial charge in [-0.05, 0) is 20.0 Å². The summed E-state index contributed by atoms with van der Waals surface area (Å²) in [6, 6.07) is 5.78. The Labute approximate surface area is 84.8 Å². The van der Waals surface area contributed by atoms with Crippen LogP contribution in [0.25, 0.3) is 0 Å². The molecule has 0 fully saturated rings. The third kappa shape index (κ3) is 3.58. The summed E-state index contributed by atoms with van der Waals surface area (Å²) in [5, 5.41) is 3.05. The van der Waals surface area contributed by atoms with Gasteiger partial charge >= 0.3 is 0 Å². The first-order chi connectivity index (χ1) is 6.86. The standard InChI is InChI=1S/C11H16N2O/c1-3-4-8-14-11-7-5-6-10(13-11)9-12-2/h3-7,12H,8-9H2,1-2H3. The van der Waals surface area contributed by atoms with E-state index in [2.05, 4.69) is 10.3 Å². The fraction of sp³-hybridized carbons (Fsp3) is 0.364. The summed E-state index contributed by atoms with van der Waals surface area (Å²) in [5.74, 6) is 0.677. The van der Waals surface area contributed by atoms with Gasteiger partial charge in [0.25, 0.3) is 0 Å². The van der Waals surface area contributed by atoms with Crippen molar-refractivity contribution < 1.29 is 4.74 Å². The number of pyridine rings is 1.